The van der Waals surface area contributed by atoms with Gasteiger partial charge in [0.25, 0.3) is 0 Å². The van der Waals surface area contributed by atoms with E-state index in [0.29, 0.717) is 5.01 Å². The van der Waals surface area contributed by atoms with Crippen LogP contribution in [0.5, 0.6) is 0 Å². The van der Waals surface area contributed by atoms with Crippen LogP contribution < -0.4 is 5.73 Å². The fraction of sp³-hybridized carbons (Fsp3) is 0.273. The second kappa shape index (κ2) is 4.67. The van der Waals surface area contributed by atoms with Crippen molar-refractivity contribution in [1.82, 2.24) is 10.2 Å². The van der Waals surface area contributed by atoms with Crippen molar-refractivity contribution in [3.05, 3.63) is 35.1 Å². The minimum atomic E-state index is -0.269. The molecule has 0 bridgehead atoms. The zero-order chi connectivity index (χ0) is 11.5. The lowest BCUT2D eigenvalue weighted by molar-refractivity contribution is 0.628. The number of hydrogen-bond acceptors (Lipinski definition) is 4. The van der Waals surface area contributed by atoms with E-state index >= 15 is 0 Å². The number of rotatable bonds is 3. The molecule has 1 heterocycles. The minimum absolute atomic E-state index is 0.0835. The molecule has 0 saturated carbocycles. The Morgan fingerprint density at radius 1 is 1.44 bits per heavy atom. The third kappa shape index (κ3) is 2.25. The lowest BCUT2D eigenvalue weighted by Crippen LogP contribution is -2.07. The molecular formula is C11H12FN3S. The van der Waals surface area contributed by atoms with Gasteiger partial charge in [0.05, 0.1) is 6.04 Å². The molecule has 0 fully saturated rings. The van der Waals surface area contributed by atoms with Crippen LogP contribution in [0.25, 0.3) is 10.6 Å². The highest BCUT2D eigenvalue weighted by Crippen LogP contribution is 2.27. The Balaban J connectivity index is 2.31. The quantitative estimate of drug-likeness (QED) is 0.893. The van der Waals surface area contributed by atoms with Crippen LogP contribution in [0.3, 0.4) is 0 Å². The third-order valence-corrected chi connectivity index (χ3v) is 3.37. The Morgan fingerprint density at radius 2 is 2.25 bits per heavy atom. The Bertz CT molecular complexity index is 484. The zero-order valence-electron chi connectivity index (χ0n) is 8.85. The maximum absolute atomic E-state index is 13.0. The molecule has 1 aromatic heterocycles. The smallest absolute Gasteiger partial charge is 0.147 e. The van der Waals surface area contributed by atoms with Crippen LogP contribution in [0.2, 0.25) is 0 Å². The second-order valence-corrected chi connectivity index (χ2v) is 4.48. The number of hydrogen-bond donors (Lipinski definition) is 1. The van der Waals surface area contributed by atoms with E-state index in [0.717, 1.165) is 17.0 Å². The first-order valence-corrected chi connectivity index (χ1v) is 5.87. The van der Waals surface area contributed by atoms with E-state index in [2.05, 4.69) is 10.2 Å². The highest BCUT2D eigenvalue weighted by atomic mass is 32.1. The molecule has 16 heavy (non-hydrogen) atoms. The summed E-state index contributed by atoms with van der Waals surface area (Å²) >= 11 is 1.41. The molecule has 2 N–H and O–H groups in total. The molecule has 2 rings (SSSR count). The van der Waals surface area contributed by atoms with Crippen molar-refractivity contribution in [2.45, 2.75) is 19.4 Å². The van der Waals surface area contributed by atoms with Gasteiger partial charge in [-0.2, -0.15) is 0 Å². The Kier molecular flexibility index (Phi) is 3.26. The summed E-state index contributed by atoms with van der Waals surface area (Å²) in [6.45, 7) is 1.99. The first kappa shape index (κ1) is 11.2. The van der Waals surface area contributed by atoms with Gasteiger partial charge in [0, 0.05) is 5.56 Å². The topological polar surface area (TPSA) is 51.8 Å². The maximum atomic E-state index is 13.0. The summed E-state index contributed by atoms with van der Waals surface area (Å²) < 4.78 is 13.0. The van der Waals surface area contributed by atoms with Crippen molar-refractivity contribution in [1.29, 1.82) is 0 Å². The molecule has 0 aliphatic rings. The predicted molar refractivity (Wildman–Crippen MR) is 62.5 cm³/mol. The van der Waals surface area contributed by atoms with Gasteiger partial charge in [0.15, 0.2) is 0 Å². The summed E-state index contributed by atoms with van der Waals surface area (Å²) in [7, 11) is 0. The molecular weight excluding hydrogens is 225 g/mol. The van der Waals surface area contributed by atoms with Gasteiger partial charge in [-0.1, -0.05) is 30.4 Å². The molecule has 0 aliphatic carbocycles. The maximum Gasteiger partial charge on any atom is 0.147 e. The van der Waals surface area contributed by atoms with Crippen molar-refractivity contribution in [2.24, 2.45) is 5.73 Å². The van der Waals surface area contributed by atoms with E-state index in [1.807, 2.05) is 13.0 Å². The molecule has 1 atom stereocenters. The molecule has 0 saturated heterocycles. The van der Waals surface area contributed by atoms with E-state index in [1.165, 1.54) is 23.5 Å². The van der Waals surface area contributed by atoms with Gasteiger partial charge in [-0.05, 0) is 18.6 Å². The molecule has 1 aromatic carbocycles. The van der Waals surface area contributed by atoms with Crippen LogP contribution in [0.4, 0.5) is 4.39 Å². The van der Waals surface area contributed by atoms with Crippen LogP contribution in [0.1, 0.15) is 24.4 Å². The van der Waals surface area contributed by atoms with E-state index in [4.69, 9.17) is 5.73 Å². The van der Waals surface area contributed by atoms with E-state index in [-0.39, 0.29) is 11.9 Å². The van der Waals surface area contributed by atoms with Crippen LogP contribution in [-0.4, -0.2) is 10.2 Å². The predicted octanol–water partition coefficient (Wildman–Crippen LogP) is 2.75. The molecule has 84 valence electrons. The van der Waals surface area contributed by atoms with Gasteiger partial charge in [0.1, 0.15) is 15.8 Å². The fourth-order valence-corrected chi connectivity index (χ4v) is 2.22. The average Bonchev–Trinajstić information content (AvgIpc) is 2.77. The van der Waals surface area contributed by atoms with Crippen molar-refractivity contribution in [3.63, 3.8) is 0 Å². The minimum Gasteiger partial charge on any atom is -0.322 e. The highest BCUT2D eigenvalue weighted by molar-refractivity contribution is 7.14. The van der Waals surface area contributed by atoms with E-state index in [9.17, 15) is 4.39 Å². The molecule has 1 unspecified atom stereocenters. The lowest BCUT2D eigenvalue weighted by Gasteiger charge is -2.00. The van der Waals surface area contributed by atoms with Crippen molar-refractivity contribution in [3.8, 4) is 10.6 Å². The molecule has 0 amide bonds. The van der Waals surface area contributed by atoms with Crippen LogP contribution >= 0.6 is 11.3 Å². The zero-order valence-corrected chi connectivity index (χ0v) is 9.67. The molecule has 0 spiro atoms. The van der Waals surface area contributed by atoms with Crippen LogP contribution in [-0.2, 0) is 0 Å². The molecule has 0 aliphatic heterocycles. The standard InChI is InChI=1S/C11H12FN3S/c1-2-9(13)11-15-14-10(16-11)7-4-3-5-8(12)6-7/h3-6,9H,2,13H2,1H3. The third-order valence-electron chi connectivity index (χ3n) is 2.27. The summed E-state index contributed by atoms with van der Waals surface area (Å²) in [6.07, 6.45) is 0.817. The van der Waals surface area contributed by atoms with Gasteiger partial charge in [-0.3, -0.25) is 0 Å². The first-order valence-electron chi connectivity index (χ1n) is 5.05. The summed E-state index contributed by atoms with van der Waals surface area (Å²) in [6, 6.07) is 6.24. The van der Waals surface area contributed by atoms with Gasteiger partial charge in [-0.15, -0.1) is 10.2 Å². The lowest BCUT2D eigenvalue weighted by atomic mass is 10.2. The number of benzene rings is 1. The van der Waals surface area contributed by atoms with Gasteiger partial charge in [0.2, 0.25) is 0 Å². The SMILES string of the molecule is CCC(N)c1nnc(-c2cccc(F)c2)s1. The van der Waals surface area contributed by atoms with Gasteiger partial charge < -0.3 is 5.73 Å². The van der Waals surface area contributed by atoms with Gasteiger partial charge in [-0.25, -0.2) is 4.39 Å². The molecule has 2 aromatic rings. The number of halogens is 1. The molecule has 0 radical (unpaired) electrons. The summed E-state index contributed by atoms with van der Waals surface area (Å²) in [5.41, 5.74) is 6.59. The summed E-state index contributed by atoms with van der Waals surface area (Å²) in [5.74, 6) is -0.269. The van der Waals surface area contributed by atoms with E-state index in [1.54, 1.807) is 6.07 Å². The van der Waals surface area contributed by atoms with Gasteiger partial charge >= 0.3 is 0 Å². The Hall–Kier alpha value is -1.33. The molecule has 3 nitrogen and oxygen atoms in total. The summed E-state index contributed by atoms with van der Waals surface area (Å²) in [4.78, 5) is 0. The van der Waals surface area contributed by atoms with E-state index < -0.39 is 0 Å². The van der Waals surface area contributed by atoms with Crippen LogP contribution in [0.15, 0.2) is 24.3 Å². The number of aromatic nitrogens is 2. The van der Waals surface area contributed by atoms with Crippen molar-refractivity contribution >= 4 is 11.3 Å². The first-order chi connectivity index (χ1) is 7.70. The normalized spacial score (nSPS) is 12.7. The fourth-order valence-electron chi connectivity index (χ4n) is 1.30. The molecule has 5 heteroatoms. The monoisotopic (exact) mass is 237 g/mol. The summed E-state index contributed by atoms with van der Waals surface area (Å²) in [5, 5.41) is 9.53. The largest absolute Gasteiger partial charge is 0.322 e. The number of nitrogens with zero attached hydrogens (tertiary/aromatic N) is 2. The van der Waals surface area contributed by atoms with Crippen molar-refractivity contribution < 1.29 is 4.39 Å². The highest BCUT2D eigenvalue weighted by Gasteiger charge is 2.11. The second-order valence-electron chi connectivity index (χ2n) is 3.47. The van der Waals surface area contributed by atoms with Crippen molar-refractivity contribution in [2.75, 3.05) is 0 Å². The van der Waals surface area contributed by atoms with Crippen LogP contribution in [0, 0.1) is 5.82 Å². The number of nitrogens with two attached hydrogens (primary N) is 1. The Labute approximate surface area is 97.1 Å². The average molecular weight is 237 g/mol. The Morgan fingerprint density at radius 3 is 2.94 bits per heavy atom.